The number of anilines is 3. The minimum atomic E-state index is 0.826. The smallest absolute Gasteiger partial charge is 0.152 e. The Bertz CT molecular complexity index is 2470. The fourth-order valence-corrected chi connectivity index (χ4v) is 6.96. The fraction of sp³-hybridized carbons (Fsp3) is 0. The molecule has 0 spiro atoms. The Kier molecular flexibility index (Phi) is 5.22. The van der Waals surface area contributed by atoms with Crippen LogP contribution < -0.4 is 14.4 Å². The lowest BCUT2D eigenvalue weighted by Crippen LogP contribution is -2.15. The van der Waals surface area contributed by atoms with Crippen LogP contribution in [0.25, 0.3) is 49.9 Å². The lowest BCUT2D eigenvalue weighted by Gasteiger charge is -2.32. The Morgan fingerprint density at radius 3 is 1.91 bits per heavy atom. The van der Waals surface area contributed by atoms with Crippen LogP contribution >= 0.6 is 0 Å². The number of benzene rings is 6. The van der Waals surface area contributed by atoms with Crippen LogP contribution in [-0.2, 0) is 0 Å². The molecule has 2 aliphatic heterocycles. The first-order chi connectivity index (χ1) is 22.8. The number of pyridine rings is 1. The van der Waals surface area contributed by atoms with Crippen LogP contribution in [0, 0.1) is 0 Å². The summed E-state index contributed by atoms with van der Waals surface area (Å²) in [4.78, 5) is 7.07. The third kappa shape index (κ3) is 3.66. The van der Waals surface area contributed by atoms with E-state index >= 15 is 0 Å². The molecule has 0 N–H and O–H groups in total. The first-order valence-corrected chi connectivity index (χ1v) is 15.4. The zero-order chi connectivity index (χ0) is 30.2. The highest BCUT2D eigenvalue weighted by molar-refractivity contribution is 6.13. The van der Waals surface area contributed by atoms with Crippen molar-refractivity contribution in [2.45, 2.75) is 0 Å². The van der Waals surface area contributed by atoms with Crippen molar-refractivity contribution in [3.63, 3.8) is 0 Å². The van der Waals surface area contributed by atoms with E-state index in [1.165, 1.54) is 16.3 Å². The summed E-state index contributed by atoms with van der Waals surface area (Å²) in [5, 5.41) is 2.38. The van der Waals surface area contributed by atoms with Crippen molar-refractivity contribution >= 4 is 38.9 Å². The Morgan fingerprint density at radius 1 is 0.457 bits per heavy atom. The van der Waals surface area contributed by atoms with Gasteiger partial charge in [-0.3, -0.25) is 4.98 Å². The van der Waals surface area contributed by atoms with Crippen LogP contribution in [0.15, 0.2) is 152 Å². The van der Waals surface area contributed by atoms with E-state index in [1.807, 2.05) is 54.7 Å². The number of rotatable bonds is 3. The van der Waals surface area contributed by atoms with Crippen molar-refractivity contribution in [3.8, 4) is 51.1 Å². The quantitative estimate of drug-likeness (QED) is 0.205. The van der Waals surface area contributed by atoms with Crippen molar-refractivity contribution in [1.29, 1.82) is 0 Å². The molecule has 2 aromatic heterocycles. The minimum Gasteiger partial charge on any atom is -0.453 e. The molecule has 10 rings (SSSR count). The van der Waals surface area contributed by atoms with Gasteiger partial charge >= 0.3 is 0 Å². The number of ether oxygens (including phenoxy) is 2. The van der Waals surface area contributed by atoms with Gasteiger partial charge in [0.25, 0.3) is 0 Å². The highest BCUT2D eigenvalue weighted by Crippen LogP contribution is 2.51. The summed E-state index contributed by atoms with van der Waals surface area (Å²) in [5.74, 6) is 3.37. The largest absolute Gasteiger partial charge is 0.453 e. The van der Waals surface area contributed by atoms with Crippen molar-refractivity contribution < 1.29 is 9.47 Å². The van der Waals surface area contributed by atoms with E-state index < -0.39 is 0 Å². The molecule has 46 heavy (non-hydrogen) atoms. The van der Waals surface area contributed by atoms with Crippen LogP contribution in [0.3, 0.4) is 0 Å². The first-order valence-electron chi connectivity index (χ1n) is 15.4. The molecule has 0 amide bonds. The predicted octanol–water partition coefficient (Wildman–Crippen LogP) is 11.2. The maximum absolute atomic E-state index is 6.55. The molecule has 4 heterocycles. The molecule has 6 aromatic carbocycles. The standard InChI is InChI=1S/C41H25N3O2/c1-2-13-33-30(12-1)31-23-28(24-40-41(31)44(33)36-16-5-8-19-39(36)46-40)26-10-9-11-27(22-26)32-25-29(20-21-42-32)43-34-14-3-6-17-37(34)45-38-18-7-4-15-35(38)43/h1-25H. The number of hydrogen-bond donors (Lipinski definition) is 0. The number of aromatic nitrogens is 2. The Hall–Kier alpha value is -6.33. The Morgan fingerprint density at radius 2 is 1.11 bits per heavy atom. The average Bonchev–Trinajstić information content (AvgIpc) is 3.46. The van der Waals surface area contributed by atoms with E-state index in [0.29, 0.717) is 0 Å². The molecule has 0 bridgehead atoms. The summed E-state index contributed by atoms with van der Waals surface area (Å²) in [6, 6.07) is 50.4. The molecule has 216 valence electrons. The SMILES string of the molecule is c1cc(-c2cc3c4c(c2)c2ccccc2n4-c2ccccc2O3)cc(-c2cc(N3c4ccccc4Oc4ccccc43)ccn2)c1. The normalized spacial score (nSPS) is 12.7. The number of hydrogen-bond acceptors (Lipinski definition) is 4. The van der Waals surface area contributed by atoms with Crippen LogP contribution in [0.2, 0.25) is 0 Å². The molecule has 5 heteroatoms. The van der Waals surface area contributed by atoms with Crippen LogP contribution in [0.1, 0.15) is 0 Å². The Balaban J connectivity index is 1.10. The number of para-hydroxylation sites is 7. The summed E-state index contributed by atoms with van der Waals surface area (Å²) >= 11 is 0. The number of nitrogens with zero attached hydrogens (tertiary/aromatic N) is 3. The zero-order valence-corrected chi connectivity index (χ0v) is 24.6. The summed E-state index contributed by atoms with van der Waals surface area (Å²) in [7, 11) is 0. The van der Waals surface area contributed by atoms with E-state index in [0.717, 1.165) is 73.6 Å². The average molecular weight is 592 g/mol. The summed E-state index contributed by atoms with van der Waals surface area (Å²) < 4.78 is 15.1. The van der Waals surface area contributed by atoms with Crippen LogP contribution in [-0.4, -0.2) is 9.55 Å². The maximum Gasteiger partial charge on any atom is 0.152 e. The van der Waals surface area contributed by atoms with Gasteiger partial charge < -0.3 is 18.9 Å². The molecular formula is C41H25N3O2. The zero-order valence-electron chi connectivity index (χ0n) is 24.6. The highest BCUT2D eigenvalue weighted by atomic mass is 16.5. The first kappa shape index (κ1) is 25.0. The topological polar surface area (TPSA) is 39.5 Å². The second-order valence-corrected chi connectivity index (χ2v) is 11.6. The molecule has 8 aromatic rings. The molecular weight excluding hydrogens is 566 g/mol. The van der Waals surface area contributed by atoms with Gasteiger partial charge in [0.2, 0.25) is 0 Å². The van der Waals surface area contributed by atoms with Gasteiger partial charge in [0.1, 0.15) is 0 Å². The predicted molar refractivity (Wildman–Crippen MR) is 184 cm³/mol. The molecule has 0 unspecified atom stereocenters. The minimum absolute atomic E-state index is 0.826. The van der Waals surface area contributed by atoms with Crippen LogP contribution in [0.5, 0.6) is 23.0 Å². The van der Waals surface area contributed by atoms with Crippen LogP contribution in [0.4, 0.5) is 17.1 Å². The van der Waals surface area contributed by atoms with E-state index in [2.05, 4.69) is 107 Å². The van der Waals surface area contributed by atoms with E-state index in [4.69, 9.17) is 14.5 Å². The van der Waals surface area contributed by atoms with E-state index in [9.17, 15) is 0 Å². The molecule has 0 saturated carbocycles. The van der Waals surface area contributed by atoms with E-state index in [-0.39, 0.29) is 0 Å². The monoisotopic (exact) mass is 591 g/mol. The fourth-order valence-electron chi connectivity index (χ4n) is 6.96. The lowest BCUT2D eigenvalue weighted by atomic mass is 9.98. The van der Waals surface area contributed by atoms with Gasteiger partial charge in [0.05, 0.1) is 39.5 Å². The highest BCUT2D eigenvalue weighted by Gasteiger charge is 2.26. The molecule has 0 aliphatic carbocycles. The van der Waals surface area contributed by atoms with E-state index in [1.54, 1.807) is 0 Å². The molecule has 5 nitrogen and oxygen atoms in total. The van der Waals surface area contributed by atoms with Gasteiger partial charge in [0.15, 0.2) is 23.0 Å². The third-order valence-electron chi connectivity index (χ3n) is 8.99. The summed E-state index contributed by atoms with van der Waals surface area (Å²) in [6.45, 7) is 0. The van der Waals surface area contributed by atoms with Gasteiger partial charge in [0, 0.05) is 22.5 Å². The third-order valence-corrected chi connectivity index (χ3v) is 8.99. The molecule has 2 aliphatic rings. The van der Waals surface area contributed by atoms with Gasteiger partial charge in [-0.2, -0.15) is 0 Å². The Labute approximate surface area is 265 Å². The molecule has 0 atom stereocenters. The van der Waals surface area contributed by atoms with Crippen molar-refractivity contribution in [2.24, 2.45) is 0 Å². The summed E-state index contributed by atoms with van der Waals surface area (Å²) in [6.07, 6.45) is 1.88. The van der Waals surface area contributed by atoms with Crippen molar-refractivity contribution in [2.75, 3.05) is 4.90 Å². The second kappa shape index (κ2) is 9.58. The second-order valence-electron chi connectivity index (χ2n) is 11.6. The number of fused-ring (bicyclic) bond motifs is 7. The van der Waals surface area contributed by atoms with Gasteiger partial charge in [-0.05, 0) is 83.9 Å². The van der Waals surface area contributed by atoms with Gasteiger partial charge in [-0.25, -0.2) is 0 Å². The molecule has 0 fully saturated rings. The maximum atomic E-state index is 6.55. The van der Waals surface area contributed by atoms with Gasteiger partial charge in [-0.1, -0.05) is 72.8 Å². The lowest BCUT2D eigenvalue weighted by molar-refractivity contribution is 0.476. The van der Waals surface area contributed by atoms with Crippen molar-refractivity contribution in [3.05, 3.63) is 152 Å². The molecule has 0 saturated heterocycles. The van der Waals surface area contributed by atoms with Crippen molar-refractivity contribution in [1.82, 2.24) is 9.55 Å². The molecule has 0 radical (unpaired) electrons. The van der Waals surface area contributed by atoms with Gasteiger partial charge in [-0.15, -0.1) is 0 Å². The summed E-state index contributed by atoms with van der Waals surface area (Å²) in [5.41, 5.74) is 10.5.